The quantitative estimate of drug-likeness (QED) is 0.836. The van der Waals surface area contributed by atoms with Gasteiger partial charge in [-0.15, -0.1) is 0 Å². The van der Waals surface area contributed by atoms with Gasteiger partial charge in [0.15, 0.2) is 0 Å². The zero-order valence-corrected chi connectivity index (χ0v) is 12.7. The Labute approximate surface area is 117 Å². The van der Waals surface area contributed by atoms with Crippen molar-refractivity contribution in [1.82, 2.24) is 0 Å². The van der Waals surface area contributed by atoms with Gasteiger partial charge >= 0.3 is 0 Å². The predicted molar refractivity (Wildman–Crippen MR) is 81.9 cm³/mol. The molecule has 0 atom stereocenters. The maximum atomic E-state index is 5.66. The van der Waals surface area contributed by atoms with Gasteiger partial charge in [-0.1, -0.05) is 13.8 Å². The third-order valence-corrected chi connectivity index (χ3v) is 3.94. The van der Waals surface area contributed by atoms with Crippen LogP contribution >= 0.6 is 0 Å². The maximum Gasteiger partial charge on any atom is 0.119 e. The molecular formula is C17H27NO. The molecular weight excluding hydrogens is 234 g/mol. The first-order valence-electron chi connectivity index (χ1n) is 7.48. The van der Waals surface area contributed by atoms with Gasteiger partial charge in [0.05, 0.1) is 6.10 Å². The van der Waals surface area contributed by atoms with Crippen LogP contribution in [-0.4, -0.2) is 12.1 Å². The van der Waals surface area contributed by atoms with Crippen LogP contribution in [0.4, 0.5) is 5.69 Å². The summed E-state index contributed by atoms with van der Waals surface area (Å²) >= 11 is 0. The fourth-order valence-electron chi connectivity index (χ4n) is 2.68. The number of hydrogen-bond donors (Lipinski definition) is 1. The van der Waals surface area contributed by atoms with E-state index in [2.05, 4.69) is 57.3 Å². The molecule has 0 radical (unpaired) electrons. The molecule has 0 heterocycles. The average Bonchev–Trinajstić information content (AvgIpc) is 2.34. The van der Waals surface area contributed by atoms with Crippen LogP contribution in [0, 0.1) is 5.41 Å². The lowest BCUT2D eigenvalue weighted by atomic mass is 9.75. The summed E-state index contributed by atoms with van der Waals surface area (Å²) in [4.78, 5) is 0. The molecule has 0 amide bonds. The summed E-state index contributed by atoms with van der Waals surface area (Å²) in [7, 11) is 0. The third-order valence-electron chi connectivity index (χ3n) is 3.94. The van der Waals surface area contributed by atoms with Crippen molar-refractivity contribution in [1.29, 1.82) is 0 Å². The lowest BCUT2D eigenvalue weighted by Crippen LogP contribution is -2.29. The highest BCUT2D eigenvalue weighted by molar-refractivity contribution is 5.47. The second-order valence-electron chi connectivity index (χ2n) is 6.77. The van der Waals surface area contributed by atoms with Gasteiger partial charge in [0, 0.05) is 11.7 Å². The van der Waals surface area contributed by atoms with Crippen molar-refractivity contribution in [2.45, 2.75) is 65.5 Å². The molecule has 0 unspecified atom stereocenters. The lowest BCUT2D eigenvalue weighted by molar-refractivity contribution is 0.232. The molecule has 1 saturated carbocycles. The molecule has 0 aromatic heterocycles. The van der Waals surface area contributed by atoms with Gasteiger partial charge in [-0.3, -0.25) is 0 Å². The van der Waals surface area contributed by atoms with Crippen molar-refractivity contribution in [3.8, 4) is 5.75 Å². The third kappa shape index (κ3) is 4.45. The van der Waals surface area contributed by atoms with Crippen molar-refractivity contribution in [2.75, 3.05) is 5.32 Å². The number of nitrogens with one attached hydrogen (secondary N) is 1. The van der Waals surface area contributed by atoms with E-state index in [-0.39, 0.29) is 6.10 Å². The van der Waals surface area contributed by atoms with E-state index < -0.39 is 0 Å². The molecule has 1 aliphatic rings. The topological polar surface area (TPSA) is 21.3 Å². The summed E-state index contributed by atoms with van der Waals surface area (Å²) in [5.74, 6) is 0.949. The Bertz CT molecular complexity index is 384. The van der Waals surface area contributed by atoms with Crippen LogP contribution in [0.25, 0.3) is 0 Å². The van der Waals surface area contributed by atoms with Crippen LogP contribution in [-0.2, 0) is 0 Å². The fourth-order valence-corrected chi connectivity index (χ4v) is 2.68. The SMILES string of the molecule is CC(C)Oc1ccc(NC2CCC(C)(C)CC2)cc1. The van der Waals surface area contributed by atoms with Gasteiger partial charge in [0.25, 0.3) is 0 Å². The zero-order chi connectivity index (χ0) is 13.9. The Morgan fingerprint density at radius 2 is 1.68 bits per heavy atom. The van der Waals surface area contributed by atoms with Crippen LogP contribution in [0.2, 0.25) is 0 Å². The normalized spacial score (nSPS) is 19.4. The standard InChI is InChI=1S/C17H27NO/c1-13(2)19-16-7-5-14(6-8-16)18-15-9-11-17(3,4)12-10-15/h5-8,13,15,18H,9-12H2,1-4H3. The molecule has 106 valence electrons. The lowest BCUT2D eigenvalue weighted by Gasteiger charge is -2.35. The largest absolute Gasteiger partial charge is 0.491 e. The molecule has 1 aliphatic carbocycles. The highest BCUT2D eigenvalue weighted by atomic mass is 16.5. The van der Waals surface area contributed by atoms with E-state index in [0.717, 1.165) is 5.75 Å². The Hall–Kier alpha value is -1.18. The summed E-state index contributed by atoms with van der Waals surface area (Å²) in [5.41, 5.74) is 1.74. The Morgan fingerprint density at radius 3 is 2.21 bits per heavy atom. The van der Waals surface area contributed by atoms with Gasteiger partial charge in [-0.2, -0.15) is 0 Å². The van der Waals surface area contributed by atoms with Gasteiger partial charge in [0.2, 0.25) is 0 Å². The van der Waals surface area contributed by atoms with Crippen molar-refractivity contribution in [2.24, 2.45) is 5.41 Å². The molecule has 0 saturated heterocycles. The van der Waals surface area contributed by atoms with E-state index in [4.69, 9.17) is 4.74 Å². The average molecular weight is 261 g/mol. The summed E-state index contributed by atoms with van der Waals surface area (Å²) in [5, 5.41) is 3.64. The van der Waals surface area contributed by atoms with Crippen LogP contribution in [0.3, 0.4) is 0 Å². The van der Waals surface area contributed by atoms with Gasteiger partial charge in [0.1, 0.15) is 5.75 Å². The van der Waals surface area contributed by atoms with Gasteiger partial charge in [-0.05, 0) is 69.2 Å². The molecule has 1 aromatic rings. The first kappa shape index (κ1) is 14.2. The van der Waals surface area contributed by atoms with E-state index in [1.165, 1.54) is 31.4 Å². The zero-order valence-electron chi connectivity index (χ0n) is 12.7. The summed E-state index contributed by atoms with van der Waals surface area (Å²) in [6.45, 7) is 8.86. The van der Waals surface area contributed by atoms with E-state index >= 15 is 0 Å². The minimum atomic E-state index is 0.236. The Kier molecular flexibility index (Phi) is 4.38. The van der Waals surface area contributed by atoms with Gasteiger partial charge in [-0.25, -0.2) is 0 Å². The summed E-state index contributed by atoms with van der Waals surface area (Å²) in [6, 6.07) is 8.98. The molecule has 2 rings (SSSR count). The molecule has 1 aromatic carbocycles. The molecule has 0 bridgehead atoms. The van der Waals surface area contributed by atoms with E-state index in [9.17, 15) is 0 Å². The Morgan fingerprint density at radius 1 is 1.11 bits per heavy atom. The van der Waals surface area contributed by atoms with E-state index in [1.54, 1.807) is 0 Å². The van der Waals surface area contributed by atoms with Crippen molar-refractivity contribution < 1.29 is 4.74 Å². The molecule has 2 heteroatoms. The van der Waals surface area contributed by atoms with Crippen molar-refractivity contribution >= 4 is 5.69 Å². The van der Waals surface area contributed by atoms with Gasteiger partial charge < -0.3 is 10.1 Å². The summed E-state index contributed by atoms with van der Waals surface area (Å²) < 4.78 is 5.66. The first-order valence-corrected chi connectivity index (χ1v) is 7.48. The van der Waals surface area contributed by atoms with Crippen molar-refractivity contribution in [3.05, 3.63) is 24.3 Å². The Balaban J connectivity index is 1.86. The molecule has 1 N–H and O–H groups in total. The second kappa shape index (κ2) is 5.85. The highest BCUT2D eigenvalue weighted by Gasteiger charge is 2.26. The number of hydrogen-bond acceptors (Lipinski definition) is 2. The van der Waals surface area contributed by atoms with Crippen LogP contribution in [0.15, 0.2) is 24.3 Å². The monoisotopic (exact) mass is 261 g/mol. The highest BCUT2D eigenvalue weighted by Crippen LogP contribution is 2.36. The molecule has 0 aliphatic heterocycles. The maximum absolute atomic E-state index is 5.66. The van der Waals surface area contributed by atoms with Crippen LogP contribution < -0.4 is 10.1 Å². The molecule has 19 heavy (non-hydrogen) atoms. The van der Waals surface area contributed by atoms with Crippen molar-refractivity contribution in [3.63, 3.8) is 0 Å². The van der Waals surface area contributed by atoms with Crippen LogP contribution in [0.5, 0.6) is 5.75 Å². The van der Waals surface area contributed by atoms with E-state index in [1.807, 2.05) is 0 Å². The fraction of sp³-hybridized carbons (Fsp3) is 0.647. The molecule has 0 spiro atoms. The summed E-state index contributed by atoms with van der Waals surface area (Å²) in [6.07, 6.45) is 5.42. The smallest absolute Gasteiger partial charge is 0.119 e. The molecule has 1 fully saturated rings. The predicted octanol–water partition coefficient (Wildman–Crippen LogP) is 4.85. The minimum absolute atomic E-state index is 0.236. The van der Waals surface area contributed by atoms with Crippen LogP contribution in [0.1, 0.15) is 53.4 Å². The molecule has 2 nitrogen and oxygen atoms in total. The first-order chi connectivity index (χ1) is 8.94. The van der Waals surface area contributed by atoms with E-state index in [0.29, 0.717) is 11.5 Å². The minimum Gasteiger partial charge on any atom is -0.491 e. The number of anilines is 1. The second-order valence-corrected chi connectivity index (χ2v) is 6.77. The number of rotatable bonds is 4. The number of benzene rings is 1. The number of ether oxygens (including phenoxy) is 1.